The Morgan fingerprint density at radius 3 is 2.29 bits per heavy atom. The van der Waals surface area contributed by atoms with Crippen molar-refractivity contribution in [2.75, 3.05) is 18.2 Å². The highest BCUT2D eigenvalue weighted by atomic mass is 35.5. The maximum atomic E-state index is 12.6. The van der Waals surface area contributed by atoms with E-state index in [0.717, 1.165) is 22.7 Å². The van der Waals surface area contributed by atoms with Crippen molar-refractivity contribution in [3.63, 3.8) is 0 Å². The lowest BCUT2D eigenvalue weighted by Crippen LogP contribution is -2.14. The van der Waals surface area contributed by atoms with E-state index in [1.54, 1.807) is 7.11 Å². The van der Waals surface area contributed by atoms with Gasteiger partial charge in [0.25, 0.3) is 0 Å². The van der Waals surface area contributed by atoms with Crippen molar-refractivity contribution in [3.8, 4) is 22.8 Å². The molecule has 174 valence electrons. The summed E-state index contributed by atoms with van der Waals surface area (Å²) in [4.78, 5) is 12.6. The lowest BCUT2D eigenvalue weighted by molar-refractivity contribution is -0.113. The predicted molar refractivity (Wildman–Crippen MR) is 138 cm³/mol. The van der Waals surface area contributed by atoms with E-state index in [1.807, 2.05) is 77.4 Å². The van der Waals surface area contributed by atoms with E-state index < -0.39 is 0 Å². The van der Waals surface area contributed by atoms with E-state index >= 15 is 0 Å². The third kappa shape index (κ3) is 5.61. The van der Waals surface area contributed by atoms with Crippen LogP contribution in [0.4, 0.5) is 5.69 Å². The van der Waals surface area contributed by atoms with Gasteiger partial charge in [-0.05, 0) is 72.1 Å². The molecule has 0 radical (unpaired) electrons. The molecular weight excluding hydrogens is 468 g/mol. The monoisotopic (exact) mass is 492 g/mol. The van der Waals surface area contributed by atoms with Crippen LogP contribution in [0.5, 0.6) is 5.75 Å². The van der Waals surface area contributed by atoms with Gasteiger partial charge in [-0.2, -0.15) is 0 Å². The molecule has 0 atom stereocenters. The van der Waals surface area contributed by atoms with Crippen LogP contribution in [0.3, 0.4) is 0 Å². The van der Waals surface area contributed by atoms with Gasteiger partial charge in [-0.25, -0.2) is 0 Å². The summed E-state index contributed by atoms with van der Waals surface area (Å²) < 4.78 is 7.19. The molecule has 0 saturated carbocycles. The minimum Gasteiger partial charge on any atom is -0.497 e. The standard InChI is InChI=1S/C26H25ClN4O2S/c1-17(2)18-4-10-21(11-5-18)28-24(32)16-34-26-30-29-25(19-6-14-23(33-3)15-7-19)31(26)22-12-8-20(27)9-13-22/h4-15,17H,16H2,1-3H3,(H,28,32). The summed E-state index contributed by atoms with van der Waals surface area (Å²) in [5, 5.41) is 13.0. The van der Waals surface area contributed by atoms with E-state index in [9.17, 15) is 4.79 Å². The third-order valence-electron chi connectivity index (χ3n) is 5.26. The van der Waals surface area contributed by atoms with Gasteiger partial charge < -0.3 is 10.1 Å². The number of rotatable bonds is 8. The highest BCUT2D eigenvalue weighted by Crippen LogP contribution is 2.29. The summed E-state index contributed by atoms with van der Waals surface area (Å²) in [5.74, 6) is 1.95. The molecule has 4 aromatic rings. The van der Waals surface area contributed by atoms with Crippen LogP contribution in [0.2, 0.25) is 5.02 Å². The first-order valence-electron chi connectivity index (χ1n) is 10.8. The molecule has 0 saturated heterocycles. The number of carbonyl (C=O) groups is 1. The molecular formula is C26H25ClN4O2S. The summed E-state index contributed by atoms with van der Waals surface area (Å²) in [5.41, 5.74) is 3.74. The Morgan fingerprint density at radius 1 is 1.00 bits per heavy atom. The first-order chi connectivity index (χ1) is 16.4. The van der Waals surface area contributed by atoms with E-state index in [4.69, 9.17) is 16.3 Å². The van der Waals surface area contributed by atoms with Crippen LogP contribution in [-0.4, -0.2) is 33.5 Å². The fourth-order valence-electron chi connectivity index (χ4n) is 3.39. The van der Waals surface area contributed by atoms with Gasteiger partial charge in [-0.15, -0.1) is 10.2 Å². The number of ether oxygens (including phenoxy) is 1. The highest BCUT2D eigenvalue weighted by Gasteiger charge is 2.17. The Labute approximate surface area is 208 Å². The number of hydrogen-bond donors (Lipinski definition) is 1. The van der Waals surface area contributed by atoms with Gasteiger partial charge in [0.2, 0.25) is 5.91 Å². The number of halogens is 1. The van der Waals surface area contributed by atoms with Gasteiger partial charge >= 0.3 is 0 Å². The quantitative estimate of drug-likeness (QED) is 0.286. The Kier molecular flexibility index (Phi) is 7.55. The van der Waals surface area contributed by atoms with Crippen molar-refractivity contribution >= 4 is 35.0 Å². The number of aromatic nitrogens is 3. The summed E-state index contributed by atoms with van der Waals surface area (Å²) >= 11 is 7.42. The van der Waals surface area contributed by atoms with E-state index in [2.05, 4.69) is 29.4 Å². The summed E-state index contributed by atoms with van der Waals surface area (Å²) in [6, 6.07) is 23.0. The molecule has 6 nitrogen and oxygen atoms in total. The van der Waals surface area contributed by atoms with Gasteiger partial charge in [-0.3, -0.25) is 9.36 Å². The number of carbonyl (C=O) groups excluding carboxylic acids is 1. The SMILES string of the molecule is COc1ccc(-c2nnc(SCC(=O)Nc3ccc(C(C)C)cc3)n2-c2ccc(Cl)cc2)cc1. The van der Waals surface area contributed by atoms with Crippen LogP contribution in [0, 0.1) is 0 Å². The fraction of sp³-hybridized carbons (Fsp3) is 0.192. The van der Waals surface area contributed by atoms with Crippen LogP contribution >= 0.6 is 23.4 Å². The molecule has 1 N–H and O–H groups in total. The molecule has 3 aromatic carbocycles. The second kappa shape index (κ2) is 10.8. The van der Waals surface area contributed by atoms with Crippen LogP contribution < -0.4 is 10.1 Å². The third-order valence-corrected chi connectivity index (χ3v) is 6.44. The average Bonchev–Trinajstić information content (AvgIpc) is 3.27. The molecule has 34 heavy (non-hydrogen) atoms. The van der Waals surface area contributed by atoms with E-state index in [0.29, 0.717) is 21.9 Å². The van der Waals surface area contributed by atoms with Crippen molar-refractivity contribution in [2.45, 2.75) is 24.9 Å². The number of nitrogens with one attached hydrogen (secondary N) is 1. The van der Waals surface area contributed by atoms with Crippen molar-refractivity contribution in [3.05, 3.63) is 83.4 Å². The minimum atomic E-state index is -0.112. The molecule has 0 spiro atoms. The predicted octanol–water partition coefficient (Wildman–Crippen LogP) is 6.45. The molecule has 4 rings (SSSR count). The lowest BCUT2D eigenvalue weighted by atomic mass is 10.0. The van der Waals surface area contributed by atoms with Gasteiger partial charge in [0.05, 0.1) is 12.9 Å². The second-order valence-electron chi connectivity index (χ2n) is 7.96. The second-order valence-corrected chi connectivity index (χ2v) is 9.34. The van der Waals surface area contributed by atoms with Gasteiger partial charge in [0.15, 0.2) is 11.0 Å². The first kappa shape index (κ1) is 23.9. The molecule has 0 unspecified atom stereocenters. The highest BCUT2D eigenvalue weighted by molar-refractivity contribution is 7.99. The smallest absolute Gasteiger partial charge is 0.234 e. The van der Waals surface area contributed by atoms with Crippen LogP contribution in [0.15, 0.2) is 78.0 Å². The maximum absolute atomic E-state index is 12.6. The van der Waals surface area contributed by atoms with Gasteiger partial charge in [-0.1, -0.05) is 49.3 Å². The van der Waals surface area contributed by atoms with E-state index in [-0.39, 0.29) is 11.7 Å². The lowest BCUT2D eigenvalue weighted by Gasteiger charge is -2.11. The fourth-order valence-corrected chi connectivity index (χ4v) is 4.27. The van der Waals surface area contributed by atoms with Crippen molar-refractivity contribution < 1.29 is 9.53 Å². The zero-order chi connectivity index (χ0) is 24.1. The zero-order valence-corrected chi connectivity index (χ0v) is 20.7. The molecule has 1 amide bonds. The molecule has 0 bridgehead atoms. The van der Waals surface area contributed by atoms with Crippen molar-refractivity contribution in [1.29, 1.82) is 0 Å². The minimum absolute atomic E-state index is 0.112. The number of amides is 1. The molecule has 1 heterocycles. The van der Waals surface area contributed by atoms with Crippen LogP contribution in [-0.2, 0) is 4.79 Å². The molecule has 0 fully saturated rings. The Bertz CT molecular complexity index is 1250. The van der Waals surface area contributed by atoms with Crippen molar-refractivity contribution in [1.82, 2.24) is 14.8 Å². The summed E-state index contributed by atoms with van der Waals surface area (Å²) in [7, 11) is 1.63. The normalized spacial score (nSPS) is 11.0. The number of anilines is 1. The van der Waals surface area contributed by atoms with E-state index in [1.165, 1.54) is 17.3 Å². The topological polar surface area (TPSA) is 69.0 Å². The number of benzene rings is 3. The molecule has 0 aliphatic rings. The summed E-state index contributed by atoms with van der Waals surface area (Å²) in [6.07, 6.45) is 0. The van der Waals surface area contributed by atoms with Crippen LogP contribution in [0.25, 0.3) is 17.1 Å². The summed E-state index contributed by atoms with van der Waals surface area (Å²) in [6.45, 7) is 4.28. The molecule has 0 aliphatic carbocycles. The average molecular weight is 493 g/mol. The molecule has 8 heteroatoms. The maximum Gasteiger partial charge on any atom is 0.234 e. The number of thioether (sulfide) groups is 1. The number of methoxy groups -OCH3 is 1. The van der Waals surface area contributed by atoms with Crippen LogP contribution in [0.1, 0.15) is 25.3 Å². The Morgan fingerprint density at radius 2 is 1.68 bits per heavy atom. The number of hydrogen-bond acceptors (Lipinski definition) is 5. The first-order valence-corrected chi connectivity index (χ1v) is 12.2. The molecule has 0 aliphatic heterocycles. The zero-order valence-electron chi connectivity index (χ0n) is 19.2. The number of nitrogens with zero attached hydrogens (tertiary/aromatic N) is 3. The molecule has 1 aromatic heterocycles. The van der Waals surface area contributed by atoms with Gasteiger partial charge in [0.1, 0.15) is 5.75 Å². The Hall–Kier alpha value is -3.29. The van der Waals surface area contributed by atoms with Crippen molar-refractivity contribution in [2.24, 2.45) is 0 Å². The Balaban J connectivity index is 1.55. The van der Waals surface area contributed by atoms with Gasteiger partial charge in [0, 0.05) is 22.0 Å². The largest absolute Gasteiger partial charge is 0.497 e.